The van der Waals surface area contributed by atoms with Crippen molar-refractivity contribution in [3.8, 4) is 5.75 Å². The summed E-state index contributed by atoms with van der Waals surface area (Å²) in [5.74, 6) is 0.0877. The summed E-state index contributed by atoms with van der Waals surface area (Å²) in [5, 5.41) is 1.13. The maximum Gasteiger partial charge on any atom is 0.330 e. The van der Waals surface area contributed by atoms with Crippen LogP contribution in [-0.2, 0) is 4.79 Å². The Morgan fingerprint density at radius 1 is 1.33 bits per heavy atom. The molecule has 0 aliphatic heterocycles. The maximum absolute atomic E-state index is 12.0. The van der Waals surface area contributed by atoms with E-state index in [1.807, 2.05) is 0 Å². The third-order valence-corrected chi connectivity index (χ3v) is 3.00. The first kappa shape index (κ1) is 12.6. The van der Waals surface area contributed by atoms with Gasteiger partial charge in [-0.05, 0) is 34.1 Å². The topological polar surface area (TPSA) is 57.5 Å². The van der Waals surface area contributed by atoms with Crippen molar-refractivity contribution in [1.82, 2.24) is 4.73 Å². The predicted molar refractivity (Wildman–Crippen MR) is 69.7 cm³/mol. The lowest BCUT2D eigenvalue weighted by atomic mass is 10.2. The van der Waals surface area contributed by atoms with E-state index in [2.05, 4.69) is 15.9 Å². The van der Waals surface area contributed by atoms with Crippen molar-refractivity contribution in [3.05, 3.63) is 39.2 Å². The number of rotatable bonds is 2. The highest BCUT2D eigenvalue weighted by molar-refractivity contribution is 9.10. The van der Waals surface area contributed by atoms with Gasteiger partial charge in [-0.15, -0.1) is 4.73 Å². The number of fused-ring (bicyclic) bond motifs is 1. The first-order valence-corrected chi connectivity index (χ1v) is 5.90. The molecule has 0 fully saturated rings. The molecule has 0 spiro atoms. The van der Waals surface area contributed by atoms with Crippen molar-refractivity contribution >= 4 is 32.7 Å². The van der Waals surface area contributed by atoms with Gasteiger partial charge in [0.25, 0.3) is 5.56 Å². The largest absolute Gasteiger partial charge is 0.497 e. The quantitative estimate of drug-likeness (QED) is 0.848. The van der Waals surface area contributed by atoms with Crippen molar-refractivity contribution < 1.29 is 14.4 Å². The van der Waals surface area contributed by atoms with E-state index < -0.39 is 11.5 Å². The number of aromatic nitrogens is 1. The monoisotopic (exact) mass is 311 g/mol. The molecular weight excluding hydrogens is 302 g/mol. The molecule has 0 radical (unpaired) electrons. The van der Waals surface area contributed by atoms with Crippen LogP contribution in [0.15, 0.2) is 33.7 Å². The molecule has 1 aromatic carbocycles. The van der Waals surface area contributed by atoms with Crippen molar-refractivity contribution in [1.29, 1.82) is 0 Å². The highest BCUT2D eigenvalue weighted by Gasteiger charge is 2.10. The molecule has 5 nitrogen and oxygen atoms in total. The molecule has 0 bridgehead atoms. The Kier molecular flexibility index (Phi) is 3.38. The molecule has 1 aromatic heterocycles. The number of carbonyl (C=O) groups excluding carboxylic acids is 1. The number of methoxy groups -OCH3 is 1. The van der Waals surface area contributed by atoms with Crippen LogP contribution in [0.4, 0.5) is 0 Å². The molecule has 0 aliphatic rings. The fourth-order valence-corrected chi connectivity index (χ4v) is 2.10. The van der Waals surface area contributed by atoms with E-state index in [9.17, 15) is 9.59 Å². The third-order valence-electron chi connectivity index (χ3n) is 2.37. The molecule has 2 rings (SSSR count). The van der Waals surface area contributed by atoms with Gasteiger partial charge in [0.05, 0.1) is 18.7 Å². The number of pyridine rings is 1. The lowest BCUT2D eigenvalue weighted by molar-refractivity contribution is -0.141. The summed E-state index contributed by atoms with van der Waals surface area (Å²) < 4.78 is 6.64. The SMILES string of the molecule is COc1ccc2c(=O)n(OC(C)=O)cc(Br)c2c1. The van der Waals surface area contributed by atoms with Gasteiger partial charge in [0.1, 0.15) is 5.75 Å². The van der Waals surface area contributed by atoms with E-state index in [0.29, 0.717) is 21.0 Å². The lowest BCUT2D eigenvalue weighted by Gasteiger charge is -2.08. The smallest absolute Gasteiger partial charge is 0.330 e. The van der Waals surface area contributed by atoms with E-state index in [4.69, 9.17) is 9.57 Å². The Morgan fingerprint density at radius 2 is 2.06 bits per heavy atom. The summed E-state index contributed by atoms with van der Waals surface area (Å²) in [6.45, 7) is 1.23. The number of ether oxygens (including phenoxy) is 1. The van der Waals surface area contributed by atoms with Crippen LogP contribution in [0.3, 0.4) is 0 Å². The van der Waals surface area contributed by atoms with Crippen molar-refractivity contribution in [2.45, 2.75) is 6.92 Å². The van der Waals surface area contributed by atoms with Crippen LogP contribution in [0.2, 0.25) is 0 Å². The molecular formula is C12H10BrNO4. The van der Waals surface area contributed by atoms with Crippen LogP contribution in [0.5, 0.6) is 5.75 Å². The number of hydrogen-bond acceptors (Lipinski definition) is 4. The zero-order valence-corrected chi connectivity index (χ0v) is 11.4. The Labute approximate surface area is 111 Å². The highest BCUT2D eigenvalue weighted by atomic mass is 79.9. The first-order chi connectivity index (χ1) is 8.52. The van der Waals surface area contributed by atoms with E-state index >= 15 is 0 Å². The van der Waals surface area contributed by atoms with Crippen molar-refractivity contribution in [3.63, 3.8) is 0 Å². The Bertz CT molecular complexity index is 678. The van der Waals surface area contributed by atoms with E-state index in [1.165, 1.54) is 13.1 Å². The van der Waals surface area contributed by atoms with Gasteiger partial charge >= 0.3 is 5.97 Å². The van der Waals surface area contributed by atoms with Crippen LogP contribution in [-0.4, -0.2) is 17.8 Å². The molecule has 0 saturated heterocycles. The van der Waals surface area contributed by atoms with Gasteiger partial charge in [-0.25, -0.2) is 4.79 Å². The third kappa shape index (κ3) is 2.24. The summed E-state index contributed by atoms with van der Waals surface area (Å²) in [4.78, 5) is 27.7. The van der Waals surface area contributed by atoms with Gasteiger partial charge in [-0.1, -0.05) is 0 Å². The molecule has 0 saturated carbocycles. The molecule has 6 heteroatoms. The van der Waals surface area contributed by atoms with Gasteiger partial charge in [0.2, 0.25) is 0 Å². The standard InChI is InChI=1S/C12H10BrNO4/c1-7(15)18-14-6-11(13)10-5-8(17-2)3-4-9(10)12(14)16/h3-6H,1-2H3. The summed E-state index contributed by atoms with van der Waals surface area (Å²) in [7, 11) is 1.55. The second-order valence-corrected chi connectivity index (χ2v) is 4.46. The van der Waals surface area contributed by atoms with Crippen LogP contribution >= 0.6 is 15.9 Å². The fraction of sp³-hybridized carbons (Fsp3) is 0.167. The minimum absolute atomic E-state index is 0.397. The molecule has 0 aliphatic carbocycles. The molecule has 1 heterocycles. The van der Waals surface area contributed by atoms with Crippen LogP contribution < -0.4 is 15.1 Å². The van der Waals surface area contributed by atoms with E-state index in [-0.39, 0.29) is 0 Å². The number of carbonyl (C=O) groups is 1. The minimum Gasteiger partial charge on any atom is -0.497 e. The second kappa shape index (κ2) is 4.81. The summed E-state index contributed by atoms with van der Waals surface area (Å²) >= 11 is 3.33. The number of halogens is 1. The number of hydrogen-bond donors (Lipinski definition) is 0. The van der Waals surface area contributed by atoms with Crippen LogP contribution in [0, 0.1) is 0 Å². The Hall–Kier alpha value is -1.82. The van der Waals surface area contributed by atoms with Gasteiger partial charge in [-0.3, -0.25) is 4.79 Å². The average molecular weight is 312 g/mol. The van der Waals surface area contributed by atoms with Crippen LogP contribution in [0.25, 0.3) is 10.8 Å². The molecule has 18 heavy (non-hydrogen) atoms. The Balaban J connectivity index is 2.72. The average Bonchev–Trinajstić information content (AvgIpc) is 2.34. The van der Waals surface area contributed by atoms with Crippen molar-refractivity contribution in [2.24, 2.45) is 0 Å². The van der Waals surface area contributed by atoms with Gasteiger partial charge in [-0.2, -0.15) is 0 Å². The summed E-state index contributed by atoms with van der Waals surface area (Å²) in [5.41, 5.74) is -0.397. The number of nitrogens with zero attached hydrogens (tertiary/aromatic N) is 1. The van der Waals surface area contributed by atoms with Gasteiger partial charge in [0, 0.05) is 16.8 Å². The first-order valence-electron chi connectivity index (χ1n) is 5.10. The molecule has 0 N–H and O–H groups in total. The molecule has 0 amide bonds. The normalized spacial score (nSPS) is 10.4. The molecule has 0 atom stereocenters. The predicted octanol–water partition coefficient (Wildman–Crippen LogP) is 1.75. The van der Waals surface area contributed by atoms with Crippen molar-refractivity contribution in [2.75, 3.05) is 7.11 Å². The van der Waals surface area contributed by atoms with Crippen LogP contribution in [0.1, 0.15) is 6.92 Å². The van der Waals surface area contributed by atoms with Gasteiger partial charge < -0.3 is 9.57 Å². The maximum atomic E-state index is 12.0. The van der Waals surface area contributed by atoms with E-state index in [0.717, 1.165) is 4.73 Å². The lowest BCUT2D eigenvalue weighted by Crippen LogP contribution is -2.29. The molecule has 0 unspecified atom stereocenters. The Morgan fingerprint density at radius 3 is 2.67 bits per heavy atom. The number of benzene rings is 1. The van der Waals surface area contributed by atoms with Gasteiger partial charge in [0.15, 0.2) is 0 Å². The zero-order chi connectivity index (χ0) is 13.3. The second-order valence-electron chi connectivity index (χ2n) is 3.60. The summed E-state index contributed by atoms with van der Waals surface area (Å²) in [6.07, 6.45) is 1.41. The summed E-state index contributed by atoms with van der Waals surface area (Å²) in [6, 6.07) is 5.04. The molecule has 94 valence electrons. The van der Waals surface area contributed by atoms with E-state index in [1.54, 1.807) is 25.3 Å². The minimum atomic E-state index is -0.558. The zero-order valence-electron chi connectivity index (χ0n) is 9.77. The molecule has 2 aromatic rings. The highest BCUT2D eigenvalue weighted by Crippen LogP contribution is 2.25. The fourth-order valence-electron chi connectivity index (χ4n) is 1.59.